The van der Waals surface area contributed by atoms with Gasteiger partial charge in [0.2, 0.25) is 0 Å². The molecule has 1 aromatic heterocycles. The Morgan fingerprint density at radius 1 is 0.929 bits per heavy atom. The van der Waals surface area contributed by atoms with E-state index in [2.05, 4.69) is 34.1 Å². The number of benzene rings is 2. The highest BCUT2D eigenvalue weighted by molar-refractivity contribution is 5.48. The molecule has 2 aromatic carbocycles. The number of hydrogen-bond donors (Lipinski definition) is 0. The van der Waals surface area contributed by atoms with Gasteiger partial charge in [-0.1, -0.05) is 18.2 Å². The van der Waals surface area contributed by atoms with Crippen molar-refractivity contribution in [2.24, 2.45) is 0 Å². The van der Waals surface area contributed by atoms with Crippen LogP contribution in [0.5, 0.6) is 23.0 Å². The average Bonchev–Trinajstić information content (AvgIpc) is 2.75. The van der Waals surface area contributed by atoms with E-state index in [-0.39, 0.29) is 0 Å². The number of fused-ring (bicyclic) bond motifs is 1. The number of methoxy groups -OCH3 is 2. The highest BCUT2D eigenvalue weighted by atomic mass is 16.5. The molecule has 5 heteroatoms. The van der Waals surface area contributed by atoms with Gasteiger partial charge >= 0.3 is 0 Å². The lowest BCUT2D eigenvalue weighted by Gasteiger charge is -2.30. The van der Waals surface area contributed by atoms with Crippen LogP contribution in [0.25, 0.3) is 0 Å². The first-order valence-corrected chi connectivity index (χ1v) is 9.38. The van der Waals surface area contributed by atoms with Gasteiger partial charge in [0.1, 0.15) is 11.5 Å². The maximum Gasteiger partial charge on any atom is 0.161 e. The molecule has 0 amide bonds. The van der Waals surface area contributed by atoms with Crippen LogP contribution in [-0.4, -0.2) is 30.6 Å². The molecule has 0 radical (unpaired) electrons. The lowest BCUT2D eigenvalue weighted by Crippen LogP contribution is -2.30. The Bertz CT molecular complexity index is 944. The van der Waals surface area contributed by atoms with Crippen molar-refractivity contribution in [1.82, 2.24) is 9.88 Å². The van der Waals surface area contributed by atoms with Crippen molar-refractivity contribution < 1.29 is 14.2 Å². The molecule has 0 aliphatic carbocycles. The SMILES string of the molecule is COc1cc2c(cc1OC)CN(Cc1ccccc1Oc1cccnc1)CC2. The number of rotatable bonds is 6. The maximum atomic E-state index is 6.06. The van der Waals surface area contributed by atoms with Crippen LogP contribution >= 0.6 is 0 Å². The van der Waals surface area contributed by atoms with Crippen molar-refractivity contribution in [2.45, 2.75) is 19.5 Å². The molecule has 144 valence electrons. The van der Waals surface area contributed by atoms with Gasteiger partial charge in [-0.15, -0.1) is 0 Å². The van der Waals surface area contributed by atoms with E-state index < -0.39 is 0 Å². The minimum atomic E-state index is 0.746. The van der Waals surface area contributed by atoms with Gasteiger partial charge in [-0.2, -0.15) is 0 Å². The molecule has 0 atom stereocenters. The molecule has 0 spiro atoms. The fourth-order valence-electron chi connectivity index (χ4n) is 3.59. The Morgan fingerprint density at radius 2 is 1.71 bits per heavy atom. The molecule has 0 unspecified atom stereocenters. The molecule has 5 nitrogen and oxygen atoms in total. The van der Waals surface area contributed by atoms with Crippen molar-refractivity contribution >= 4 is 0 Å². The van der Waals surface area contributed by atoms with Gasteiger partial charge in [0.25, 0.3) is 0 Å². The standard InChI is InChI=1S/C23H24N2O3/c1-26-22-12-17-9-11-25(16-19(17)13-23(22)27-2)15-18-6-3-4-8-21(18)28-20-7-5-10-24-14-20/h3-8,10,12-14H,9,11,15-16H2,1-2H3. The van der Waals surface area contributed by atoms with Gasteiger partial charge < -0.3 is 14.2 Å². The second kappa shape index (κ2) is 8.31. The van der Waals surface area contributed by atoms with E-state index in [1.54, 1.807) is 26.6 Å². The van der Waals surface area contributed by atoms with Crippen molar-refractivity contribution in [2.75, 3.05) is 20.8 Å². The molecule has 1 aliphatic rings. The molecule has 0 saturated heterocycles. The predicted molar refractivity (Wildman–Crippen MR) is 108 cm³/mol. The van der Waals surface area contributed by atoms with Crippen LogP contribution in [0, 0.1) is 0 Å². The zero-order valence-corrected chi connectivity index (χ0v) is 16.2. The highest BCUT2D eigenvalue weighted by Gasteiger charge is 2.20. The van der Waals surface area contributed by atoms with E-state index in [4.69, 9.17) is 14.2 Å². The molecular weight excluding hydrogens is 352 g/mol. The van der Waals surface area contributed by atoms with Crippen LogP contribution in [-0.2, 0) is 19.5 Å². The zero-order chi connectivity index (χ0) is 19.3. The van der Waals surface area contributed by atoms with Crippen LogP contribution in [0.1, 0.15) is 16.7 Å². The summed E-state index contributed by atoms with van der Waals surface area (Å²) in [6, 6.07) is 16.2. The minimum absolute atomic E-state index is 0.746. The van der Waals surface area contributed by atoms with Crippen molar-refractivity contribution in [1.29, 1.82) is 0 Å². The normalized spacial score (nSPS) is 13.6. The molecule has 0 saturated carbocycles. The summed E-state index contributed by atoms with van der Waals surface area (Å²) < 4.78 is 17.0. The average molecular weight is 376 g/mol. The Labute approximate surface area is 165 Å². The summed E-state index contributed by atoms with van der Waals surface area (Å²) in [6.07, 6.45) is 4.46. The number of aromatic nitrogens is 1. The fraction of sp³-hybridized carbons (Fsp3) is 0.261. The molecular formula is C23H24N2O3. The number of pyridine rings is 1. The van der Waals surface area contributed by atoms with E-state index in [9.17, 15) is 0 Å². The monoisotopic (exact) mass is 376 g/mol. The van der Waals surface area contributed by atoms with Crippen molar-refractivity contribution in [3.05, 3.63) is 77.6 Å². The van der Waals surface area contributed by atoms with E-state index >= 15 is 0 Å². The summed E-state index contributed by atoms with van der Waals surface area (Å²) in [5.41, 5.74) is 3.78. The van der Waals surface area contributed by atoms with E-state index in [0.717, 1.165) is 54.6 Å². The van der Waals surface area contributed by atoms with Crippen LogP contribution in [0.4, 0.5) is 0 Å². The van der Waals surface area contributed by atoms with Crippen molar-refractivity contribution in [3.8, 4) is 23.0 Å². The molecule has 28 heavy (non-hydrogen) atoms. The fourth-order valence-corrected chi connectivity index (χ4v) is 3.59. The lowest BCUT2D eigenvalue weighted by molar-refractivity contribution is 0.241. The summed E-state index contributed by atoms with van der Waals surface area (Å²) in [6.45, 7) is 2.69. The van der Waals surface area contributed by atoms with Gasteiger partial charge in [0.15, 0.2) is 11.5 Å². The van der Waals surface area contributed by atoms with Gasteiger partial charge in [-0.05, 0) is 47.9 Å². The smallest absolute Gasteiger partial charge is 0.161 e. The first kappa shape index (κ1) is 18.3. The maximum absolute atomic E-state index is 6.06. The first-order valence-electron chi connectivity index (χ1n) is 9.38. The number of para-hydroxylation sites is 1. The Balaban J connectivity index is 1.52. The highest BCUT2D eigenvalue weighted by Crippen LogP contribution is 2.34. The molecule has 0 N–H and O–H groups in total. The summed E-state index contributed by atoms with van der Waals surface area (Å²) >= 11 is 0. The third kappa shape index (κ3) is 3.94. The first-order chi connectivity index (χ1) is 13.8. The number of hydrogen-bond acceptors (Lipinski definition) is 5. The second-order valence-corrected chi connectivity index (χ2v) is 6.84. The van der Waals surface area contributed by atoms with Crippen molar-refractivity contribution in [3.63, 3.8) is 0 Å². The van der Waals surface area contributed by atoms with Gasteiger partial charge in [0, 0.05) is 31.4 Å². The third-order valence-corrected chi connectivity index (χ3v) is 5.03. The van der Waals surface area contributed by atoms with Crippen LogP contribution in [0.3, 0.4) is 0 Å². The third-order valence-electron chi connectivity index (χ3n) is 5.03. The van der Waals surface area contributed by atoms with Gasteiger partial charge in [-0.25, -0.2) is 0 Å². The molecule has 3 aromatic rings. The van der Waals surface area contributed by atoms with E-state index in [1.807, 2.05) is 24.3 Å². The molecule has 0 fully saturated rings. The molecule has 2 heterocycles. The Morgan fingerprint density at radius 3 is 2.46 bits per heavy atom. The summed E-state index contributed by atoms with van der Waals surface area (Å²) in [5.74, 6) is 3.19. The number of nitrogens with zero attached hydrogens (tertiary/aromatic N) is 2. The van der Waals surface area contributed by atoms with E-state index in [1.165, 1.54) is 11.1 Å². The second-order valence-electron chi connectivity index (χ2n) is 6.84. The molecule has 4 rings (SSSR count). The van der Waals surface area contributed by atoms with Crippen LogP contribution in [0.15, 0.2) is 60.9 Å². The van der Waals surface area contributed by atoms with Crippen LogP contribution < -0.4 is 14.2 Å². The topological polar surface area (TPSA) is 43.8 Å². The van der Waals surface area contributed by atoms with Crippen LogP contribution in [0.2, 0.25) is 0 Å². The Hall–Kier alpha value is -3.05. The largest absolute Gasteiger partial charge is 0.493 e. The van der Waals surface area contributed by atoms with Gasteiger partial charge in [0.05, 0.1) is 20.4 Å². The lowest BCUT2D eigenvalue weighted by atomic mass is 9.98. The quantitative estimate of drug-likeness (QED) is 0.636. The Kier molecular flexibility index (Phi) is 5.44. The van der Waals surface area contributed by atoms with Gasteiger partial charge in [-0.3, -0.25) is 9.88 Å². The number of ether oxygens (including phenoxy) is 3. The molecule has 0 bridgehead atoms. The summed E-state index contributed by atoms with van der Waals surface area (Å²) in [5, 5.41) is 0. The summed E-state index contributed by atoms with van der Waals surface area (Å²) in [7, 11) is 3.36. The summed E-state index contributed by atoms with van der Waals surface area (Å²) in [4.78, 5) is 6.55. The zero-order valence-electron chi connectivity index (χ0n) is 16.2. The minimum Gasteiger partial charge on any atom is -0.493 e. The predicted octanol–water partition coefficient (Wildman–Crippen LogP) is 4.45. The van der Waals surface area contributed by atoms with E-state index in [0.29, 0.717) is 0 Å². The molecule has 1 aliphatic heterocycles.